The Balaban J connectivity index is 1.95. The SMILES string of the molecule is CC(C)c1cccc(C(C)C)c1-n1cnnc1-c1ccc2ncoc2c1. The molecule has 0 unspecified atom stereocenters. The number of nitrogens with zero attached hydrogens (tertiary/aromatic N) is 4. The molecule has 0 saturated carbocycles. The van der Waals surface area contributed by atoms with Crippen LogP contribution in [-0.2, 0) is 0 Å². The Morgan fingerprint density at radius 2 is 1.69 bits per heavy atom. The third kappa shape index (κ3) is 2.69. The summed E-state index contributed by atoms with van der Waals surface area (Å²) in [5, 5.41) is 8.62. The summed E-state index contributed by atoms with van der Waals surface area (Å²) in [5.41, 5.74) is 6.30. The van der Waals surface area contributed by atoms with E-state index in [1.165, 1.54) is 23.2 Å². The molecule has 0 amide bonds. The van der Waals surface area contributed by atoms with Crippen LogP contribution in [0.25, 0.3) is 28.2 Å². The molecule has 0 aliphatic carbocycles. The zero-order valence-electron chi connectivity index (χ0n) is 15.5. The molecule has 0 spiro atoms. The number of hydrogen-bond acceptors (Lipinski definition) is 4. The average molecular weight is 346 g/mol. The van der Waals surface area contributed by atoms with E-state index in [2.05, 4.69) is 65.6 Å². The van der Waals surface area contributed by atoms with Crippen LogP contribution in [-0.4, -0.2) is 19.7 Å². The van der Waals surface area contributed by atoms with Crippen molar-refractivity contribution >= 4 is 11.1 Å². The first kappa shape index (κ1) is 16.5. The predicted octanol–water partition coefficient (Wildman–Crippen LogP) is 5.32. The smallest absolute Gasteiger partial charge is 0.181 e. The van der Waals surface area contributed by atoms with E-state index < -0.39 is 0 Å². The van der Waals surface area contributed by atoms with E-state index in [0.29, 0.717) is 11.8 Å². The van der Waals surface area contributed by atoms with Crippen molar-refractivity contribution in [2.45, 2.75) is 39.5 Å². The molecule has 0 bridgehead atoms. The minimum absolute atomic E-state index is 0.399. The molecule has 132 valence electrons. The molecule has 0 fully saturated rings. The number of benzene rings is 2. The Labute approximate surface area is 152 Å². The Morgan fingerprint density at radius 3 is 2.38 bits per heavy atom. The van der Waals surface area contributed by atoms with Crippen molar-refractivity contribution in [3.63, 3.8) is 0 Å². The Hall–Kier alpha value is -2.95. The quantitative estimate of drug-likeness (QED) is 0.501. The zero-order valence-corrected chi connectivity index (χ0v) is 15.5. The lowest BCUT2D eigenvalue weighted by Crippen LogP contribution is -2.07. The highest BCUT2D eigenvalue weighted by Gasteiger charge is 2.19. The zero-order chi connectivity index (χ0) is 18.3. The van der Waals surface area contributed by atoms with Crippen LogP contribution in [0.3, 0.4) is 0 Å². The van der Waals surface area contributed by atoms with Crippen molar-refractivity contribution in [1.82, 2.24) is 19.7 Å². The maximum absolute atomic E-state index is 5.46. The Bertz CT molecular complexity index is 1030. The topological polar surface area (TPSA) is 56.7 Å². The van der Waals surface area contributed by atoms with Gasteiger partial charge in [0.1, 0.15) is 11.8 Å². The molecule has 5 nitrogen and oxygen atoms in total. The molecule has 2 aromatic heterocycles. The van der Waals surface area contributed by atoms with E-state index in [1.807, 2.05) is 18.2 Å². The van der Waals surface area contributed by atoms with E-state index in [9.17, 15) is 0 Å². The highest BCUT2D eigenvalue weighted by atomic mass is 16.3. The molecule has 0 aliphatic heterocycles. The molecule has 0 radical (unpaired) electrons. The fraction of sp³-hybridized carbons (Fsp3) is 0.286. The molecule has 4 aromatic rings. The van der Waals surface area contributed by atoms with Gasteiger partial charge >= 0.3 is 0 Å². The highest BCUT2D eigenvalue weighted by molar-refractivity contribution is 5.78. The lowest BCUT2D eigenvalue weighted by molar-refractivity contribution is 0.602. The van der Waals surface area contributed by atoms with Gasteiger partial charge in [-0.25, -0.2) is 4.98 Å². The largest absolute Gasteiger partial charge is 0.443 e. The van der Waals surface area contributed by atoms with E-state index in [4.69, 9.17) is 4.42 Å². The third-order valence-corrected chi connectivity index (χ3v) is 4.72. The monoisotopic (exact) mass is 346 g/mol. The first-order valence-corrected chi connectivity index (χ1v) is 8.93. The van der Waals surface area contributed by atoms with Crippen LogP contribution in [0.5, 0.6) is 0 Å². The van der Waals surface area contributed by atoms with Gasteiger partial charge in [0.05, 0.1) is 5.69 Å². The third-order valence-electron chi connectivity index (χ3n) is 4.72. The number of oxazole rings is 1. The van der Waals surface area contributed by atoms with Crippen molar-refractivity contribution in [2.75, 3.05) is 0 Å². The van der Waals surface area contributed by atoms with Crippen LogP contribution in [0.1, 0.15) is 50.7 Å². The van der Waals surface area contributed by atoms with Crippen molar-refractivity contribution in [2.24, 2.45) is 0 Å². The highest BCUT2D eigenvalue weighted by Crippen LogP contribution is 2.33. The van der Waals surface area contributed by atoms with Gasteiger partial charge in [0.25, 0.3) is 0 Å². The minimum Gasteiger partial charge on any atom is -0.443 e. The van der Waals surface area contributed by atoms with E-state index in [1.54, 1.807) is 6.33 Å². The van der Waals surface area contributed by atoms with Crippen LogP contribution in [0, 0.1) is 0 Å². The summed E-state index contributed by atoms with van der Waals surface area (Å²) in [6.45, 7) is 8.86. The molecule has 0 N–H and O–H groups in total. The second-order valence-electron chi connectivity index (χ2n) is 7.15. The summed E-state index contributed by atoms with van der Waals surface area (Å²) in [6.07, 6.45) is 3.26. The summed E-state index contributed by atoms with van der Waals surface area (Å²) >= 11 is 0. The first-order chi connectivity index (χ1) is 12.6. The summed E-state index contributed by atoms with van der Waals surface area (Å²) in [6, 6.07) is 12.4. The molecular formula is C21H22N4O. The van der Waals surface area contributed by atoms with Gasteiger partial charge in [0, 0.05) is 5.56 Å². The van der Waals surface area contributed by atoms with Crippen molar-refractivity contribution in [3.05, 3.63) is 60.2 Å². The fourth-order valence-corrected chi connectivity index (χ4v) is 3.38. The van der Waals surface area contributed by atoms with Crippen LogP contribution in [0.2, 0.25) is 0 Å². The summed E-state index contributed by atoms with van der Waals surface area (Å²) < 4.78 is 7.56. The summed E-state index contributed by atoms with van der Waals surface area (Å²) in [5.74, 6) is 1.60. The van der Waals surface area contributed by atoms with Crippen LogP contribution in [0.4, 0.5) is 0 Å². The molecule has 2 heterocycles. The van der Waals surface area contributed by atoms with Gasteiger partial charge < -0.3 is 4.42 Å². The molecule has 2 aromatic carbocycles. The van der Waals surface area contributed by atoms with Gasteiger partial charge in [0.2, 0.25) is 0 Å². The molecular weight excluding hydrogens is 324 g/mol. The van der Waals surface area contributed by atoms with Gasteiger partial charge in [-0.3, -0.25) is 4.57 Å². The number of rotatable bonds is 4. The lowest BCUT2D eigenvalue weighted by Gasteiger charge is -2.21. The molecule has 0 aliphatic rings. The van der Waals surface area contributed by atoms with Gasteiger partial charge in [-0.1, -0.05) is 45.9 Å². The number of para-hydroxylation sites is 1. The molecule has 0 saturated heterocycles. The lowest BCUT2D eigenvalue weighted by atomic mass is 9.92. The van der Waals surface area contributed by atoms with E-state index >= 15 is 0 Å². The normalized spacial score (nSPS) is 11.8. The van der Waals surface area contributed by atoms with E-state index in [0.717, 1.165) is 22.5 Å². The van der Waals surface area contributed by atoms with Gasteiger partial charge in [-0.2, -0.15) is 0 Å². The second-order valence-corrected chi connectivity index (χ2v) is 7.15. The van der Waals surface area contributed by atoms with Gasteiger partial charge in [-0.15, -0.1) is 10.2 Å². The molecule has 5 heteroatoms. The van der Waals surface area contributed by atoms with Crippen molar-refractivity contribution in [3.8, 4) is 17.1 Å². The van der Waals surface area contributed by atoms with Crippen LogP contribution in [0.15, 0.2) is 53.5 Å². The van der Waals surface area contributed by atoms with Crippen LogP contribution < -0.4 is 0 Å². The second kappa shape index (κ2) is 6.41. The number of fused-ring (bicyclic) bond motifs is 1. The van der Waals surface area contributed by atoms with Crippen molar-refractivity contribution in [1.29, 1.82) is 0 Å². The number of aromatic nitrogens is 4. The molecule has 0 atom stereocenters. The summed E-state index contributed by atoms with van der Waals surface area (Å²) in [4.78, 5) is 4.19. The fourth-order valence-electron chi connectivity index (χ4n) is 3.38. The summed E-state index contributed by atoms with van der Waals surface area (Å²) in [7, 11) is 0. The minimum atomic E-state index is 0.399. The first-order valence-electron chi connectivity index (χ1n) is 8.93. The van der Waals surface area contributed by atoms with Crippen molar-refractivity contribution < 1.29 is 4.42 Å². The Morgan fingerprint density at radius 1 is 0.962 bits per heavy atom. The number of hydrogen-bond donors (Lipinski definition) is 0. The Kier molecular flexibility index (Phi) is 4.07. The predicted molar refractivity (Wildman–Crippen MR) is 103 cm³/mol. The molecule has 4 rings (SSSR count). The van der Waals surface area contributed by atoms with Gasteiger partial charge in [-0.05, 0) is 41.2 Å². The van der Waals surface area contributed by atoms with Crippen LogP contribution >= 0.6 is 0 Å². The maximum Gasteiger partial charge on any atom is 0.181 e. The average Bonchev–Trinajstić information content (AvgIpc) is 3.29. The molecule has 26 heavy (non-hydrogen) atoms. The standard InChI is InChI=1S/C21H22N4O/c1-13(2)16-6-5-7-17(14(3)4)20(16)25-11-23-24-21(25)15-8-9-18-19(10-15)26-12-22-18/h5-14H,1-4H3. The van der Waals surface area contributed by atoms with Gasteiger partial charge in [0.15, 0.2) is 17.8 Å². The van der Waals surface area contributed by atoms with E-state index in [-0.39, 0.29) is 0 Å². The maximum atomic E-state index is 5.46.